The maximum Gasteiger partial charge on any atom is 0.163 e. The van der Waals surface area contributed by atoms with Gasteiger partial charge in [0.1, 0.15) is 12.1 Å². The largest absolute Gasteiger partial charge is 0.355 e. The summed E-state index contributed by atoms with van der Waals surface area (Å²) in [5, 5.41) is 5.33. The molecular formula is C16H17N5. The summed E-state index contributed by atoms with van der Waals surface area (Å²) in [6.07, 6.45) is 4.66. The van der Waals surface area contributed by atoms with Crippen LogP contribution in [-0.4, -0.2) is 32.8 Å². The summed E-state index contributed by atoms with van der Waals surface area (Å²) in [6, 6.07) is 10.7. The standard InChI is InChI=1S/C16H17N5/c1-20-15-14(9-19-20)16(18-11-17-15)21-8-7-13(10-21)12-5-3-2-4-6-12/h2-6,9,11,13H,7-8,10H2,1H3/t13-/m1/s1. The fourth-order valence-corrected chi connectivity index (χ4v) is 3.15. The molecule has 3 aromatic rings. The molecule has 0 amide bonds. The monoisotopic (exact) mass is 279 g/mol. The number of aryl methyl sites for hydroxylation is 1. The molecule has 4 rings (SSSR count). The molecule has 0 aliphatic carbocycles. The van der Waals surface area contributed by atoms with Crippen LogP contribution in [0.15, 0.2) is 42.9 Å². The Bertz CT molecular complexity index is 765. The summed E-state index contributed by atoms with van der Waals surface area (Å²) in [4.78, 5) is 11.2. The van der Waals surface area contributed by atoms with E-state index in [4.69, 9.17) is 0 Å². The third-order valence-electron chi connectivity index (χ3n) is 4.27. The van der Waals surface area contributed by atoms with E-state index >= 15 is 0 Å². The molecule has 0 bridgehead atoms. The summed E-state index contributed by atoms with van der Waals surface area (Å²) in [6.45, 7) is 2.03. The predicted molar refractivity (Wildman–Crippen MR) is 82.3 cm³/mol. The molecule has 1 aliphatic heterocycles. The average Bonchev–Trinajstić information content (AvgIpc) is 3.16. The number of rotatable bonds is 2. The molecule has 0 radical (unpaired) electrons. The average molecular weight is 279 g/mol. The Morgan fingerprint density at radius 2 is 2.00 bits per heavy atom. The van der Waals surface area contributed by atoms with E-state index in [2.05, 4.69) is 50.3 Å². The van der Waals surface area contributed by atoms with Crippen molar-refractivity contribution in [1.82, 2.24) is 19.7 Å². The summed E-state index contributed by atoms with van der Waals surface area (Å²) >= 11 is 0. The van der Waals surface area contributed by atoms with Crippen molar-refractivity contribution in [1.29, 1.82) is 0 Å². The molecule has 1 fully saturated rings. The van der Waals surface area contributed by atoms with Crippen molar-refractivity contribution in [3.05, 3.63) is 48.4 Å². The van der Waals surface area contributed by atoms with E-state index < -0.39 is 0 Å². The second-order valence-corrected chi connectivity index (χ2v) is 5.55. The SMILES string of the molecule is Cn1ncc2c(N3CC[C@@H](c4ccccc4)C3)ncnc21. The highest BCUT2D eigenvalue weighted by atomic mass is 15.3. The van der Waals surface area contributed by atoms with Gasteiger partial charge in [0.05, 0.1) is 11.6 Å². The van der Waals surface area contributed by atoms with Gasteiger partial charge < -0.3 is 4.90 Å². The van der Waals surface area contributed by atoms with Crippen LogP contribution in [0.1, 0.15) is 17.9 Å². The molecule has 2 aromatic heterocycles. The molecule has 0 N–H and O–H groups in total. The first kappa shape index (κ1) is 12.3. The Morgan fingerprint density at radius 1 is 1.14 bits per heavy atom. The van der Waals surface area contributed by atoms with E-state index in [0.717, 1.165) is 36.4 Å². The van der Waals surface area contributed by atoms with E-state index in [1.165, 1.54) is 5.56 Å². The van der Waals surface area contributed by atoms with Crippen LogP contribution in [-0.2, 0) is 7.05 Å². The molecule has 1 aromatic carbocycles. The van der Waals surface area contributed by atoms with Crippen LogP contribution in [0, 0.1) is 0 Å². The first-order valence-corrected chi connectivity index (χ1v) is 7.25. The molecule has 5 heteroatoms. The van der Waals surface area contributed by atoms with Gasteiger partial charge in [0.25, 0.3) is 0 Å². The van der Waals surface area contributed by atoms with E-state index in [9.17, 15) is 0 Å². The van der Waals surface area contributed by atoms with Gasteiger partial charge >= 0.3 is 0 Å². The highest BCUT2D eigenvalue weighted by Gasteiger charge is 2.26. The summed E-state index contributed by atoms with van der Waals surface area (Å²) in [5.74, 6) is 1.58. The fraction of sp³-hybridized carbons (Fsp3) is 0.312. The normalized spacial score (nSPS) is 18.5. The van der Waals surface area contributed by atoms with Crippen molar-refractivity contribution >= 4 is 16.9 Å². The van der Waals surface area contributed by atoms with Crippen molar-refractivity contribution < 1.29 is 0 Å². The van der Waals surface area contributed by atoms with E-state index in [1.54, 1.807) is 11.0 Å². The van der Waals surface area contributed by atoms with Crippen LogP contribution in [0.2, 0.25) is 0 Å². The molecule has 3 heterocycles. The van der Waals surface area contributed by atoms with Gasteiger partial charge in [-0.15, -0.1) is 0 Å². The van der Waals surface area contributed by atoms with E-state index in [0.29, 0.717) is 5.92 Å². The third-order valence-corrected chi connectivity index (χ3v) is 4.27. The van der Waals surface area contributed by atoms with E-state index in [1.807, 2.05) is 13.2 Å². The van der Waals surface area contributed by atoms with Crippen molar-refractivity contribution in [2.45, 2.75) is 12.3 Å². The van der Waals surface area contributed by atoms with Crippen LogP contribution in [0.3, 0.4) is 0 Å². The molecule has 21 heavy (non-hydrogen) atoms. The highest BCUT2D eigenvalue weighted by Crippen LogP contribution is 2.32. The van der Waals surface area contributed by atoms with Gasteiger partial charge in [0.2, 0.25) is 0 Å². The first-order chi connectivity index (χ1) is 10.3. The molecule has 1 aliphatic rings. The lowest BCUT2D eigenvalue weighted by Gasteiger charge is -2.18. The lowest BCUT2D eigenvalue weighted by Crippen LogP contribution is -2.20. The molecule has 106 valence electrons. The zero-order chi connectivity index (χ0) is 14.2. The molecule has 1 saturated heterocycles. The van der Waals surface area contributed by atoms with Gasteiger partial charge in [-0.2, -0.15) is 5.10 Å². The maximum atomic E-state index is 4.49. The Labute approximate surface area is 123 Å². The fourth-order valence-electron chi connectivity index (χ4n) is 3.15. The quantitative estimate of drug-likeness (QED) is 0.722. The minimum absolute atomic E-state index is 0.577. The lowest BCUT2D eigenvalue weighted by molar-refractivity contribution is 0.774. The molecule has 0 saturated carbocycles. The van der Waals surface area contributed by atoms with Gasteiger partial charge in [0, 0.05) is 26.1 Å². The van der Waals surface area contributed by atoms with Crippen LogP contribution < -0.4 is 4.90 Å². The Hall–Kier alpha value is -2.43. The second-order valence-electron chi connectivity index (χ2n) is 5.55. The van der Waals surface area contributed by atoms with Gasteiger partial charge in [-0.05, 0) is 12.0 Å². The van der Waals surface area contributed by atoms with Gasteiger partial charge in [-0.3, -0.25) is 4.68 Å². The second kappa shape index (κ2) is 4.84. The number of benzene rings is 1. The molecule has 0 spiro atoms. The number of anilines is 1. The number of aromatic nitrogens is 4. The predicted octanol–water partition coefficient (Wildman–Crippen LogP) is 2.36. The van der Waals surface area contributed by atoms with Crippen molar-refractivity contribution in [3.63, 3.8) is 0 Å². The highest BCUT2D eigenvalue weighted by molar-refractivity contribution is 5.86. The number of hydrogen-bond donors (Lipinski definition) is 0. The molecule has 5 nitrogen and oxygen atoms in total. The van der Waals surface area contributed by atoms with E-state index in [-0.39, 0.29) is 0 Å². The van der Waals surface area contributed by atoms with Crippen molar-refractivity contribution in [2.75, 3.05) is 18.0 Å². The summed E-state index contributed by atoms with van der Waals surface area (Å²) < 4.78 is 1.80. The zero-order valence-corrected chi connectivity index (χ0v) is 12.0. The van der Waals surface area contributed by atoms with Crippen LogP contribution in [0.25, 0.3) is 11.0 Å². The van der Waals surface area contributed by atoms with Crippen LogP contribution in [0.4, 0.5) is 5.82 Å². The van der Waals surface area contributed by atoms with Crippen molar-refractivity contribution in [3.8, 4) is 0 Å². The Balaban J connectivity index is 1.65. The van der Waals surface area contributed by atoms with Crippen LogP contribution in [0.5, 0.6) is 0 Å². The minimum Gasteiger partial charge on any atom is -0.355 e. The molecular weight excluding hydrogens is 262 g/mol. The Morgan fingerprint density at radius 3 is 2.86 bits per heavy atom. The van der Waals surface area contributed by atoms with Gasteiger partial charge in [0.15, 0.2) is 5.65 Å². The zero-order valence-electron chi connectivity index (χ0n) is 12.0. The number of nitrogens with zero attached hydrogens (tertiary/aromatic N) is 5. The maximum absolute atomic E-state index is 4.49. The topological polar surface area (TPSA) is 46.8 Å². The molecule has 0 unspecified atom stereocenters. The Kier molecular flexibility index (Phi) is 2.84. The summed E-state index contributed by atoms with van der Waals surface area (Å²) in [5.41, 5.74) is 2.31. The number of hydrogen-bond acceptors (Lipinski definition) is 4. The smallest absolute Gasteiger partial charge is 0.163 e. The van der Waals surface area contributed by atoms with Gasteiger partial charge in [-0.25, -0.2) is 9.97 Å². The van der Waals surface area contributed by atoms with Gasteiger partial charge in [-0.1, -0.05) is 30.3 Å². The first-order valence-electron chi connectivity index (χ1n) is 7.25. The number of fused-ring (bicyclic) bond motifs is 1. The molecule has 1 atom stereocenters. The minimum atomic E-state index is 0.577. The lowest BCUT2D eigenvalue weighted by atomic mass is 9.99. The summed E-state index contributed by atoms with van der Waals surface area (Å²) in [7, 11) is 1.91. The van der Waals surface area contributed by atoms with Crippen molar-refractivity contribution in [2.24, 2.45) is 7.05 Å². The third kappa shape index (κ3) is 2.05. The van der Waals surface area contributed by atoms with Crippen LogP contribution >= 0.6 is 0 Å².